The molecular weight excluding hydrogens is 337 g/mol. The van der Waals surface area contributed by atoms with E-state index in [0.717, 1.165) is 12.0 Å². The van der Waals surface area contributed by atoms with Gasteiger partial charge in [-0.15, -0.1) is 0 Å². The second-order valence-corrected chi connectivity index (χ2v) is 5.47. The van der Waals surface area contributed by atoms with Crippen molar-refractivity contribution in [2.45, 2.75) is 0 Å². The van der Waals surface area contributed by atoms with Crippen LogP contribution in [0.5, 0.6) is 0 Å². The number of halogens is 1. The normalized spacial score (nSPS) is 10.3. The first-order valence-electron chi connectivity index (χ1n) is 7.77. The summed E-state index contributed by atoms with van der Waals surface area (Å²) in [6.07, 6.45) is 2.47. The summed E-state index contributed by atoms with van der Waals surface area (Å²) in [5.41, 5.74) is 1.75. The number of esters is 1. The lowest BCUT2D eigenvalue weighted by atomic mass is 10.1. The number of carbonyl (C=O) groups excluding carboxylic acids is 3. The van der Waals surface area contributed by atoms with E-state index in [9.17, 15) is 18.8 Å². The number of hydrogen-bond acceptors (Lipinski definition) is 4. The molecule has 0 spiro atoms. The Balaban J connectivity index is 1.64. The number of ketones is 1. The Morgan fingerprint density at radius 3 is 2.27 bits per heavy atom. The number of Topliss-reactive ketones (excluding diaryl/α,β-unsaturated/α-hetero) is 1. The summed E-state index contributed by atoms with van der Waals surface area (Å²) in [5.74, 6) is -1.51. The molecule has 6 heteroatoms. The van der Waals surface area contributed by atoms with Crippen LogP contribution < -0.4 is 0 Å². The molecule has 0 amide bonds. The van der Waals surface area contributed by atoms with Crippen LogP contribution in [0.4, 0.5) is 4.39 Å². The van der Waals surface area contributed by atoms with Gasteiger partial charge in [-0.2, -0.15) is 0 Å². The first-order chi connectivity index (χ1) is 12.6. The van der Waals surface area contributed by atoms with Crippen LogP contribution in [0.2, 0.25) is 0 Å². The maximum absolute atomic E-state index is 12.9. The van der Waals surface area contributed by atoms with Crippen molar-refractivity contribution in [3.8, 4) is 5.69 Å². The van der Waals surface area contributed by atoms with E-state index in [-0.39, 0.29) is 11.1 Å². The summed E-state index contributed by atoms with van der Waals surface area (Å²) in [5, 5.41) is 0. The summed E-state index contributed by atoms with van der Waals surface area (Å²) in [6, 6.07) is 14.9. The third-order valence-electron chi connectivity index (χ3n) is 3.78. The van der Waals surface area contributed by atoms with Crippen LogP contribution >= 0.6 is 0 Å². The summed E-state index contributed by atoms with van der Waals surface area (Å²) in [7, 11) is 0. The van der Waals surface area contributed by atoms with Crippen molar-refractivity contribution >= 4 is 18.0 Å². The molecule has 3 aromatic rings. The Bertz CT molecular complexity index is 943. The van der Waals surface area contributed by atoms with Crippen molar-refractivity contribution in [2.24, 2.45) is 0 Å². The van der Waals surface area contributed by atoms with Crippen molar-refractivity contribution < 1.29 is 23.5 Å². The van der Waals surface area contributed by atoms with Gasteiger partial charge in [-0.1, -0.05) is 0 Å². The molecule has 130 valence electrons. The average Bonchev–Trinajstić information content (AvgIpc) is 3.15. The molecule has 0 aliphatic rings. The van der Waals surface area contributed by atoms with Crippen LogP contribution in [-0.4, -0.2) is 29.2 Å². The molecule has 0 unspecified atom stereocenters. The SMILES string of the molecule is O=Cc1cccn1-c1ccc(C(=O)OCC(=O)c2ccc(F)cc2)cc1. The van der Waals surface area contributed by atoms with E-state index in [1.807, 2.05) is 0 Å². The number of nitrogens with zero attached hydrogens (tertiary/aromatic N) is 1. The molecular formula is C20H14FNO4. The molecule has 0 bridgehead atoms. The summed E-state index contributed by atoms with van der Waals surface area (Å²) < 4.78 is 19.5. The lowest BCUT2D eigenvalue weighted by Crippen LogP contribution is -2.14. The molecule has 0 aliphatic carbocycles. The molecule has 0 radical (unpaired) electrons. The zero-order valence-electron chi connectivity index (χ0n) is 13.6. The van der Waals surface area contributed by atoms with Crippen LogP contribution in [0.1, 0.15) is 31.2 Å². The number of carbonyl (C=O) groups is 3. The highest BCUT2D eigenvalue weighted by atomic mass is 19.1. The highest BCUT2D eigenvalue weighted by Crippen LogP contribution is 2.14. The van der Waals surface area contributed by atoms with E-state index in [1.165, 1.54) is 24.3 Å². The van der Waals surface area contributed by atoms with Gasteiger partial charge < -0.3 is 9.30 Å². The van der Waals surface area contributed by atoms with E-state index < -0.39 is 24.2 Å². The molecule has 2 aromatic carbocycles. The van der Waals surface area contributed by atoms with E-state index >= 15 is 0 Å². The van der Waals surface area contributed by atoms with Crippen molar-refractivity contribution in [2.75, 3.05) is 6.61 Å². The molecule has 0 saturated heterocycles. The van der Waals surface area contributed by atoms with E-state index in [4.69, 9.17) is 4.74 Å². The number of aromatic nitrogens is 1. The van der Waals surface area contributed by atoms with Gasteiger partial charge in [-0.25, -0.2) is 9.18 Å². The third kappa shape index (κ3) is 3.75. The molecule has 0 atom stereocenters. The van der Waals surface area contributed by atoms with Gasteiger partial charge in [0.15, 0.2) is 18.7 Å². The fourth-order valence-corrected chi connectivity index (χ4v) is 2.42. The Kier molecular flexibility index (Phi) is 5.03. The lowest BCUT2D eigenvalue weighted by molar-refractivity contribution is 0.0474. The summed E-state index contributed by atoms with van der Waals surface area (Å²) in [6.45, 7) is -0.431. The molecule has 0 N–H and O–H groups in total. The topological polar surface area (TPSA) is 65.4 Å². The van der Waals surface area contributed by atoms with Gasteiger partial charge in [0.2, 0.25) is 0 Å². The monoisotopic (exact) mass is 351 g/mol. The van der Waals surface area contributed by atoms with Gasteiger partial charge in [-0.05, 0) is 60.7 Å². The van der Waals surface area contributed by atoms with Crippen LogP contribution in [0.25, 0.3) is 5.69 Å². The molecule has 0 aliphatic heterocycles. The van der Waals surface area contributed by atoms with Gasteiger partial charge in [0.1, 0.15) is 5.82 Å². The van der Waals surface area contributed by atoms with Crippen molar-refractivity contribution in [3.63, 3.8) is 0 Å². The Labute approximate surface area is 148 Å². The van der Waals surface area contributed by atoms with Crippen LogP contribution in [0.3, 0.4) is 0 Å². The first kappa shape index (κ1) is 17.3. The smallest absolute Gasteiger partial charge is 0.338 e. The molecule has 5 nitrogen and oxygen atoms in total. The minimum absolute atomic E-state index is 0.267. The number of rotatable bonds is 6. The minimum Gasteiger partial charge on any atom is -0.454 e. The zero-order valence-corrected chi connectivity index (χ0v) is 13.6. The van der Waals surface area contributed by atoms with Gasteiger partial charge in [-0.3, -0.25) is 9.59 Å². The zero-order chi connectivity index (χ0) is 18.5. The Morgan fingerprint density at radius 2 is 1.62 bits per heavy atom. The first-order valence-corrected chi connectivity index (χ1v) is 7.77. The molecule has 1 aromatic heterocycles. The van der Waals surface area contributed by atoms with Crippen LogP contribution in [0.15, 0.2) is 66.9 Å². The predicted molar refractivity (Wildman–Crippen MR) is 92.2 cm³/mol. The molecule has 0 fully saturated rings. The van der Waals surface area contributed by atoms with E-state index in [2.05, 4.69) is 0 Å². The van der Waals surface area contributed by atoms with Gasteiger partial charge in [0.25, 0.3) is 0 Å². The van der Waals surface area contributed by atoms with Crippen LogP contribution in [0, 0.1) is 5.82 Å². The molecule has 1 heterocycles. The number of ether oxygens (including phenoxy) is 1. The maximum Gasteiger partial charge on any atom is 0.338 e. The quantitative estimate of drug-likeness (QED) is 0.387. The lowest BCUT2D eigenvalue weighted by Gasteiger charge is -2.07. The van der Waals surface area contributed by atoms with Crippen LogP contribution in [-0.2, 0) is 4.74 Å². The van der Waals surface area contributed by atoms with E-state index in [1.54, 1.807) is 47.2 Å². The number of hydrogen-bond donors (Lipinski definition) is 0. The highest BCUT2D eigenvalue weighted by Gasteiger charge is 2.12. The van der Waals surface area contributed by atoms with Gasteiger partial charge >= 0.3 is 5.97 Å². The van der Waals surface area contributed by atoms with Crippen molar-refractivity contribution in [1.29, 1.82) is 0 Å². The summed E-state index contributed by atoms with van der Waals surface area (Å²) >= 11 is 0. The van der Waals surface area contributed by atoms with Gasteiger partial charge in [0, 0.05) is 17.4 Å². The second-order valence-electron chi connectivity index (χ2n) is 5.47. The van der Waals surface area contributed by atoms with Crippen molar-refractivity contribution in [1.82, 2.24) is 4.57 Å². The number of benzene rings is 2. The predicted octanol–water partition coefficient (Wildman–Crippen LogP) is 3.47. The second kappa shape index (κ2) is 7.57. The minimum atomic E-state index is -0.643. The third-order valence-corrected chi connectivity index (χ3v) is 3.78. The highest BCUT2D eigenvalue weighted by molar-refractivity contribution is 5.99. The molecule has 3 rings (SSSR count). The Hall–Kier alpha value is -3.54. The standard InChI is InChI=1S/C20H14FNO4/c21-16-7-3-14(4-8-16)19(24)13-26-20(25)15-5-9-17(10-6-15)22-11-1-2-18(22)12-23/h1-12H,13H2. The average molecular weight is 351 g/mol. The Morgan fingerprint density at radius 1 is 0.962 bits per heavy atom. The van der Waals surface area contributed by atoms with Crippen molar-refractivity contribution in [3.05, 3.63) is 89.5 Å². The number of aldehydes is 1. The molecule has 0 saturated carbocycles. The summed E-state index contributed by atoms with van der Waals surface area (Å²) in [4.78, 5) is 35.0. The fraction of sp³-hybridized carbons (Fsp3) is 0.0500. The maximum atomic E-state index is 12.9. The fourth-order valence-electron chi connectivity index (χ4n) is 2.42. The molecule has 26 heavy (non-hydrogen) atoms. The van der Waals surface area contributed by atoms with E-state index in [0.29, 0.717) is 5.69 Å². The largest absolute Gasteiger partial charge is 0.454 e. The van der Waals surface area contributed by atoms with Gasteiger partial charge in [0.05, 0.1) is 11.3 Å².